The van der Waals surface area contributed by atoms with Crippen LogP contribution >= 0.6 is 0 Å². The number of likely N-dealkylation sites (N-methyl/N-ethyl adjacent to an activating group) is 1. The van der Waals surface area contributed by atoms with E-state index in [1.165, 1.54) is 0 Å². The second-order valence-electron chi connectivity index (χ2n) is 4.12. The van der Waals surface area contributed by atoms with E-state index in [2.05, 4.69) is 21.1 Å². The zero-order chi connectivity index (χ0) is 10.5. The van der Waals surface area contributed by atoms with Gasteiger partial charge >= 0.3 is 5.97 Å². The first-order chi connectivity index (χ1) is 5.87. The Hall–Kier alpha value is -0.540. The van der Waals surface area contributed by atoms with E-state index in [0.717, 1.165) is 11.0 Å². The van der Waals surface area contributed by atoms with Crippen molar-refractivity contribution >= 4 is 5.97 Å². The molecule has 0 bridgehead atoms. The van der Waals surface area contributed by atoms with Gasteiger partial charge in [-0.05, 0) is 13.8 Å². The van der Waals surface area contributed by atoms with Crippen molar-refractivity contribution in [2.45, 2.75) is 13.8 Å². The number of allylic oxidation sites excluding steroid dienone is 1. The average Bonchev–Trinajstić information content (AvgIpc) is 2.00. The number of nitrogens with zero attached hydrogens (tertiary/aromatic N) is 1. The van der Waals surface area contributed by atoms with Crippen LogP contribution in [0.4, 0.5) is 0 Å². The first kappa shape index (κ1) is 15.9. The van der Waals surface area contributed by atoms with Crippen molar-refractivity contribution in [2.24, 2.45) is 0 Å². The largest absolute Gasteiger partial charge is 1.00 e. The maximum atomic E-state index is 11.2. The molecule has 3 nitrogen and oxygen atoms in total. The molecule has 0 unspecified atom stereocenters. The third-order valence-corrected chi connectivity index (χ3v) is 1.75. The second-order valence-corrected chi connectivity index (χ2v) is 4.12. The van der Waals surface area contributed by atoms with Gasteiger partial charge in [-0.15, -0.1) is 0 Å². The number of carbonyl (C=O) groups excluding carboxylic acids is 1. The molecule has 0 rings (SSSR count). The van der Waals surface area contributed by atoms with Crippen LogP contribution in [0.3, 0.4) is 0 Å². The molecule has 0 heterocycles. The van der Waals surface area contributed by atoms with Crippen LogP contribution in [0.5, 0.6) is 0 Å². The van der Waals surface area contributed by atoms with Gasteiger partial charge in [0, 0.05) is 5.57 Å². The van der Waals surface area contributed by atoms with Crippen molar-refractivity contribution < 1.29 is 26.4 Å². The molecule has 0 N–H and O–H groups in total. The normalized spacial score (nSPS) is 11.9. The Morgan fingerprint density at radius 1 is 1.36 bits per heavy atom. The molecule has 0 aliphatic heterocycles. The van der Waals surface area contributed by atoms with Crippen LogP contribution in [0.25, 0.3) is 0 Å². The third-order valence-electron chi connectivity index (χ3n) is 1.75. The molecule has 0 aromatic carbocycles. The minimum absolute atomic E-state index is 0. The number of ether oxygens (including phenoxy) is 1. The van der Waals surface area contributed by atoms with E-state index in [0.29, 0.717) is 12.2 Å². The van der Waals surface area contributed by atoms with E-state index in [1.807, 2.05) is 6.92 Å². The zero-order valence-corrected chi connectivity index (χ0v) is 10.4. The summed E-state index contributed by atoms with van der Waals surface area (Å²) in [6.45, 7) is 4.90. The van der Waals surface area contributed by atoms with Gasteiger partial charge < -0.3 is 21.6 Å². The summed E-state index contributed by atoms with van der Waals surface area (Å²) in [6.07, 6.45) is 1.76. The van der Waals surface area contributed by atoms with Crippen LogP contribution in [0.15, 0.2) is 11.6 Å². The zero-order valence-electron chi connectivity index (χ0n) is 9.63. The Morgan fingerprint density at radius 2 is 1.86 bits per heavy atom. The highest BCUT2D eigenvalue weighted by Crippen LogP contribution is 1.97. The lowest BCUT2D eigenvalue weighted by Crippen LogP contribution is -3.00. The fraction of sp³-hybridized carbons (Fsp3) is 0.700. The Bertz CT molecular complexity index is 207. The van der Waals surface area contributed by atoms with Crippen LogP contribution in [-0.4, -0.2) is 44.7 Å². The lowest BCUT2D eigenvalue weighted by molar-refractivity contribution is -0.870. The molecule has 0 saturated heterocycles. The minimum Gasteiger partial charge on any atom is -1.00 e. The van der Waals surface area contributed by atoms with E-state index in [9.17, 15) is 4.79 Å². The standard InChI is InChI=1S/C10H20NO2.ClH/c1-6-9(2)10(12)13-8-7-11(3,4)5;/h6H,7-8H2,1-5H3;1H/q+1;/p-1. The smallest absolute Gasteiger partial charge is 0.333 e. The molecule has 0 aliphatic carbocycles. The average molecular weight is 222 g/mol. The van der Waals surface area contributed by atoms with Crippen molar-refractivity contribution in [3.8, 4) is 0 Å². The van der Waals surface area contributed by atoms with Gasteiger partial charge in [0.25, 0.3) is 0 Å². The van der Waals surface area contributed by atoms with Gasteiger partial charge in [0.05, 0.1) is 21.1 Å². The van der Waals surface area contributed by atoms with Gasteiger partial charge in [0.2, 0.25) is 0 Å². The quantitative estimate of drug-likeness (QED) is 0.318. The molecular formula is C10H20ClNO2. The van der Waals surface area contributed by atoms with Crippen LogP contribution in [-0.2, 0) is 9.53 Å². The summed E-state index contributed by atoms with van der Waals surface area (Å²) in [4.78, 5) is 11.2. The van der Waals surface area contributed by atoms with Gasteiger partial charge in [-0.2, -0.15) is 0 Å². The molecule has 0 atom stereocenters. The van der Waals surface area contributed by atoms with Gasteiger partial charge in [-0.3, -0.25) is 0 Å². The summed E-state index contributed by atoms with van der Waals surface area (Å²) >= 11 is 0. The molecule has 0 spiro atoms. The van der Waals surface area contributed by atoms with Crippen molar-refractivity contribution in [1.29, 1.82) is 0 Å². The Labute approximate surface area is 92.7 Å². The molecule has 0 radical (unpaired) electrons. The number of hydrogen-bond donors (Lipinski definition) is 0. The lowest BCUT2D eigenvalue weighted by atomic mass is 10.3. The van der Waals surface area contributed by atoms with Gasteiger partial charge in [-0.1, -0.05) is 6.08 Å². The Kier molecular flexibility index (Phi) is 7.78. The summed E-state index contributed by atoms with van der Waals surface area (Å²) in [7, 11) is 6.20. The fourth-order valence-electron chi connectivity index (χ4n) is 0.644. The monoisotopic (exact) mass is 221 g/mol. The number of halogens is 1. The summed E-state index contributed by atoms with van der Waals surface area (Å²) in [5.41, 5.74) is 0.668. The van der Waals surface area contributed by atoms with Gasteiger partial charge in [-0.25, -0.2) is 4.79 Å². The van der Waals surface area contributed by atoms with E-state index in [-0.39, 0.29) is 18.4 Å². The number of carbonyl (C=O) groups is 1. The van der Waals surface area contributed by atoms with Gasteiger partial charge in [0.1, 0.15) is 13.2 Å². The second kappa shape index (κ2) is 6.85. The molecule has 0 aromatic heterocycles. The molecule has 84 valence electrons. The molecular weight excluding hydrogens is 202 g/mol. The third kappa shape index (κ3) is 8.08. The molecule has 0 aromatic rings. The molecule has 0 fully saturated rings. The highest BCUT2D eigenvalue weighted by Gasteiger charge is 2.09. The van der Waals surface area contributed by atoms with E-state index < -0.39 is 0 Å². The fourth-order valence-corrected chi connectivity index (χ4v) is 0.644. The molecule has 4 heteroatoms. The lowest BCUT2D eigenvalue weighted by Gasteiger charge is -2.23. The maximum Gasteiger partial charge on any atom is 0.333 e. The van der Waals surface area contributed by atoms with Crippen molar-refractivity contribution in [1.82, 2.24) is 0 Å². The molecule has 0 saturated carbocycles. The van der Waals surface area contributed by atoms with Crippen molar-refractivity contribution in [2.75, 3.05) is 34.3 Å². The maximum absolute atomic E-state index is 11.2. The predicted molar refractivity (Wildman–Crippen MR) is 53.3 cm³/mol. The Balaban J connectivity index is 0. The minimum atomic E-state index is -0.212. The molecule has 0 aliphatic rings. The summed E-state index contributed by atoms with van der Waals surface area (Å²) in [6, 6.07) is 0. The number of hydrogen-bond acceptors (Lipinski definition) is 2. The topological polar surface area (TPSA) is 26.3 Å². The molecule has 0 amide bonds. The van der Waals surface area contributed by atoms with Crippen LogP contribution in [0.2, 0.25) is 0 Å². The van der Waals surface area contributed by atoms with E-state index in [4.69, 9.17) is 4.74 Å². The predicted octanol–water partition coefficient (Wildman–Crippen LogP) is -1.79. The highest BCUT2D eigenvalue weighted by molar-refractivity contribution is 5.87. The number of quaternary nitrogens is 1. The van der Waals surface area contributed by atoms with Crippen molar-refractivity contribution in [3.05, 3.63) is 11.6 Å². The van der Waals surface area contributed by atoms with E-state index >= 15 is 0 Å². The van der Waals surface area contributed by atoms with Crippen molar-refractivity contribution in [3.63, 3.8) is 0 Å². The van der Waals surface area contributed by atoms with E-state index in [1.54, 1.807) is 13.0 Å². The summed E-state index contributed by atoms with van der Waals surface area (Å²) in [5, 5.41) is 0. The highest BCUT2D eigenvalue weighted by atomic mass is 35.5. The first-order valence-corrected chi connectivity index (χ1v) is 4.47. The SMILES string of the molecule is CC=C(C)C(=O)OCC[N+](C)(C)C.[Cl-]. The number of rotatable bonds is 4. The van der Waals surface area contributed by atoms with Crippen LogP contribution in [0.1, 0.15) is 13.8 Å². The van der Waals surface area contributed by atoms with Gasteiger partial charge in [0.15, 0.2) is 0 Å². The summed E-state index contributed by atoms with van der Waals surface area (Å²) < 4.78 is 5.86. The summed E-state index contributed by atoms with van der Waals surface area (Å²) in [5.74, 6) is -0.212. The molecule has 14 heavy (non-hydrogen) atoms. The number of esters is 1. The van der Waals surface area contributed by atoms with Crippen LogP contribution < -0.4 is 12.4 Å². The van der Waals surface area contributed by atoms with Crippen LogP contribution in [0, 0.1) is 0 Å². The Morgan fingerprint density at radius 3 is 2.21 bits per heavy atom. The first-order valence-electron chi connectivity index (χ1n) is 4.47.